The zero-order valence-corrected chi connectivity index (χ0v) is 6.71. The molecule has 0 spiro atoms. The molecule has 0 bridgehead atoms. The Labute approximate surface area is 66.3 Å². The van der Waals surface area contributed by atoms with E-state index in [0.717, 1.165) is 19.6 Å². The van der Waals surface area contributed by atoms with Gasteiger partial charge >= 0.3 is 0 Å². The van der Waals surface area contributed by atoms with Crippen molar-refractivity contribution in [3.63, 3.8) is 0 Å². The van der Waals surface area contributed by atoms with E-state index >= 15 is 0 Å². The van der Waals surface area contributed by atoms with Gasteiger partial charge in [-0.3, -0.25) is 9.79 Å². The summed E-state index contributed by atoms with van der Waals surface area (Å²) in [5, 5.41) is 2.73. The quantitative estimate of drug-likeness (QED) is 0.595. The molecule has 1 heterocycles. The fourth-order valence-electron chi connectivity index (χ4n) is 0.962. The number of hydrogen-bond acceptors (Lipinski definition) is 3. The van der Waals surface area contributed by atoms with Gasteiger partial charge in [0.25, 0.3) is 0 Å². The predicted octanol–water partition coefficient (Wildman–Crippen LogP) is -0.534. The third kappa shape index (κ3) is 3.02. The molecule has 0 unspecified atom stereocenters. The summed E-state index contributed by atoms with van der Waals surface area (Å²) in [6, 6.07) is 0. The van der Waals surface area contributed by atoms with Crippen LogP contribution in [0.25, 0.3) is 0 Å². The maximum atomic E-state index is 10.5. The zero-order chi connectivity index (χ0) is 8.10. The van der Waals surface area contributed by atoms with Gasteiger partial charge in [0.05, 0.1) is 12.9 Å². The second-order valence-corrected chi connectivity index (χ2v) is 2.54. The van der Waals surface area contributed by atoms with E-state index in [4.69, 9.17) is 0 Å². The van der Waals surface area contributed by atoms with Gasteiger partial charge in [0.1, 0.15) is 0 Å². The molecule has 0 atom stereocenters. The SMILES string of the molecule is CC(=O)NCCN1C=NCC1. The monoisotopic (exact) mass is 155 g/mol. The molecule has 1 amide bonds. The first kappa shape index (κ1) is 8.04. The van der Waals surface area contributed by atoms with Gasteiger partial charge < -0.3 is 10.2 Å². The highest BCUT2D eigenvalue weighted by Crippen LogP contribution is 1.90. The minimum atomic E-state index is 0.0288. The van der Waals surface area contributed by atoms with E-state index in [1.807, 2.05) is 6.34 Å². The van der Waals surface area contributed by atoms with Gasteiger partial charge in [-0.05, 0) is 0 Å². The Kier molecular flexibility index (Phi) is 2.89. The van der Waals surface area contributed by atoms with E-state index in [0.29, 0.717) is 6.54 Å². The van der Waals surface area contributed by atoms with Crippen molar-refractivity contribution in [1.29, 1.82) is 0 Å². The minimum Gasteiger partial charge on any atom is -0.359 e. The molecule has 1 N–H and O–H groups in total. The molecule has 1 rings (SSSR count). The summed E-state index contributed by atoms with van der Waals surface area (Å²) in [4.78, 5) is 16.6. The number of carbonyl (C=O) groups excluding carboxylic acids is 1. The Hall–Kier alpha value is -1.06. The molecule has 0 aromatic rings. The molecule has 4 heteroatoms. The Balaban J connectivity index is 2.03. The first-order chi connectivity index (χ1) is 5.29. The van der Waals surface area contributed by atoms with Crippen LogP contribution in [0.1, 0.15) is 6.92 Å². The Morgan fingerprint density at radius 1 is 1.82 bits per heavy atom. The summed E-state index contributed by atoms with van der Waals surface area (Å²) in [7, 11) is 0. The lowest BCUT2D eigenvalue weighted by Gasteiger charge is -2.12. The van der Waals surface area contributed by atoms with Crippen molar-refractivity contribution in [3.05, 3.63) is 0 Å². The first-order valence-electron chi connectivity index (χ1n) is 3.77. The molecule has 11 heavy (non-hydrogen) atoms. The van der Waals surface area contributed by atoms with Crippen LogP contribution in [0.4, 0.5) is 0 Å². The summed E-state index contributed by atoms with van der Waals surface area (Å²) in [5.74, 6) is 0.0288. The molecule has 0 saturated carbocycles. The maximum Gasteiger partial charge on any atom is 0.216 e. The van der Waals surface area contributed by atoms with Crippen molar-refractivity contribution >= 4 is 12.2 Å². The second-order valence-electron chi connectivity index (χ2n) is 2.54. The Morgan fingerprint density at radius 2 is 2.64 bits per heavy atom. The minimum absolute atomic E-state index is 0.0288. The van der Waals surface area contributed by atoms with Crippen molar-refractivity contribution in [2.75, 3.05) is 26.2 Å². The van der Waals surface area contributed by atoms with Gasteiger partial charge in [-0.25, -0.2) is 0 Å². The highest BCUT2D eigenvalue weighted by atomic mass is 16.1. The molecule has 0 aromatic carbocycles. The van der Waals surface area contributed by atoms with Gasteiger partial charge in [0.15, 0.2) is 0 Å². The summed E-state index contributed by atoms with van der Waals surface area (Å²) in [5.41, 5.74) is 0. The normalized spacial score (nSPS) is 15.5. The highest BCUT2D eigenvalue weighted by Gasteiger charge is 2.03. The van der Waals surface area contributed by atoms with Crippen LogP contribution in [0, 0.1) is 0 Å². The molecule has 0 aromatic heterocycles. The van der Waals surface area contributed by atoms with Crippen molar-refractivity contribution in [3.8, 4) is 0 Å². The third-order valence-corrected chi connectivity index (χ3v) is 1.53. The van der Waals surface area contributed by atoms with Gasteiger partial charge in [0.2, 0.25) is 5.91 Å². The van der Waals surface area contributed by atoms with Crippen LogP contribution >= 0.6 is 0 Å². The summed E-state index contributed by atoms with van der Waals surface area (Å²) in [6.45, 7) is 4.97. The molecule has 62 valence electrons. The zero-order valence-electron chi connectivity index (χ0n) is 6.71. The molecule has 0 radical (unpaired) electrons. The average Bonchev–Trinajstić information content (AvgIpc) is 2.39. The number of rotatable bonds is 3. The van der Waals surface area contributed by atoms with Crippen molar-refractivity contribution in [2.24, 2.45) is 4.99 Å². The number of nitrogens with zero attached hydrogens (tertiary/aromatic N) is 2. The Bertz CT molecular complexity index is 167. The summed E-state index contributed by atoms with van der Waals surface area (Å²) < 4.78 is 0. The van der Waals surface area contributed by atoms with Crippen LogP contribution in [-0.2, 0) is 4.79 Å². The van der Waals surface area contributed by atoms with Crippen LogP contribution in [0.2, 0.25) is 0 Å². The smallest absolute Gasteiger partial charge is 0.216 e. The third-order valence-electron chi connectivity index (χ3n) is 1.53. The van der Waals surface area contributed by atoms with Crippen LogP contribution in [0.3, 0.4) is 0 Å². The van der Waals surface area contributed by atoms with E-state index in [1.54, 1.807) is 0 Å². The molecule has 0 saturated heterocycles. The van der Waals surface area contributed by atoms with Crippen molar-refractivity contribution in [2.45, 2.75) is 6.92 Å². The van der Waals surface area contributed by atoms with Crippen LogP contribution in [0.15, 0.2) is 4.99 Å². The molecule has 1 aliphatic heterocycles. The Morgan fingerprint density at radius 3 is 3.18 bits per heavy atom. The summed E-state index contributed by atoms with van der Waals surface area (Å²) in [6.07, 6.45) is 1.84. The number of amides is 1. The first-order valence-corrected chi connectivity index (χ1v) is 3.77. The second kappa shape index (κ2) is 3.95. The molecule has 4 nitrogen and oxygen atoms in total. The standard InChI is InChI=1S/C7H13N3O/c1-7(11)9-3-5-10-4-2-8-6-10/h6H,2-5H2,1H3,(H,9,11). The van der Waals surface area contributed by atoms with Gasteiger partial charge in [-0.15, -0.1) is 0 Å². The fourth-order valence-corrected chi connectivity index (χ4v) is 0.962. The number of carbonyl (C=O) groups is 1. The van der Waals surface area contributed by atoms with Crippen molar-refractivity contribution in [1.82, 2.24) is 10.2 Å². The van der Waals surface area contributed by atoms with Crippen LogP contribution in [-0.4, -0.2) is 43.3 Å². The van der Waals surface area contributed by atoms with E-state index < -0.39 is 0 Å². The predicted molar refractivity (Wildman–Crippen MR) is 43.6 cm³/mol. The van der Waals surface area contributed by atoms with E-state index in [1.165, 1.54) is 6.92 Å². The fraction of sp³-hybridized carbons (Fsp3) is 0.714. The van der Waals surface area contributed by atoms with Crippen LogP contribution < -0.4 is 5.32 Å². The van der Waals surface area contributed by atoms with Gasteiger partial charge in [0, 0.05) is 26.6 Å². The number of aliphatic imine (C=N–C) groups is 1. The lowest BCUT2D eigenvalue weighted by atomic mass is 10.5. The van der Waals surface area contributed by atoms with E-state index in [2.05, 4.69) is 15.2 Å². The molecule has 0 aliphatic carbocycles. The lowest BCUT2D eigenvalue weighted by molar-refractivity contribution is -0.118. The largest absolute Gasteiger partial charge is 0.359 e. The van der Waals surface area contributed by atoms with Gasteiger partial charge in [-0.2, -0.15) is 0 Å². The maximum absolute atomic E-state index is 10.5. The molecule has 0 fully saturated rings. The van der Waals surface area contributed by atoms with Gasteiger partial charge in [-0.1, -0.05) is 0 Å². The van der Waals surface area contributed by atoms with Crippen LogP contribution in [0.5, 0.6) is 0 Å². The average molecular weight is 155 g/mol. The summed E-state index contributed by atoms with van der Waals surface area (Å²) >= 11 is 0. The number of nitrogens with one attached hydrogen (secondary N) is 1. The number of hydrogen-bond donors (Lipinski definition) is 1. The topological polar surface area (TPSA) is 44.7 Å². The highest BCUT2D eigenvalue weighted by molar-refractivity contribution is 5.72. The van der Waals surface area contributed by atoms with Crippen molar-refractivity contribution < 1.29 is 4.79 Å². The van der Waals surface area contributed by atoms with E-state index in [9.17, 15) is 4.79 Å². The molecular formula is C7H13N3O. The lowest BCUT2D eigenvalue weighted by Crippen LogP contribution is -2.32. The molecule has 1 aliphatic rings. The molecular weight excluding hydrogens is 142 g/mol. The van der Waals surface area contributed by atoms with E-state index in [-0.39, 0.29) is 5.91 Å².